The van der Waals surface area contributed by atoms with E-state index in [0.717, 1.165) is 114 Å². The lowest BCUT2D eigenvalue weighted by molar-refractivity contribution is -0.161. The van der Waals surface area contributed by atoms with Crippen LogP contribution in [0.3, 0.4) is 0 Å². The number of ether oxygens (including phenoxy) is 4. The Morgan fingerprint density at radius 1 is 0.287 bits per heavy atom. The van der Waals surface area contributed by atoms with Crippen molar-refractivity contribution < 1.29 is 80.2 Å². The van der Waals surface area contributed by atoms with E-state index in [1.54, 1.807) is 0 Å². The van der Waals surface area contributed by atoms with E-state index >= 15 is 0 Å². The molecule has 4 unspecified atom stereocenters. The van der Waals surface area contributed by atoms with E-state index in [0.29, 0.717) is 25.7 Å². The van der Waals surface area contributed by atoms with Gasteiger partial charge in [0.2, 0.25) is 0 Å². The summed E-state index contributed by atoms with van der Waals surface area (Å²) >= 11 is 0. The van der Waals surface area contributed by atoms with Gasteiger partial charge in [-0.15, -0.1) is 0 Å². The van der Waals surface area contributed by atoms with Crippen LogP contribution in [0.2, 0.25) is 0 Å². The zero-order chi connectivity index (χ0) is 74.4. The van der Waals surface area contributed by atoms with Gasteiger partial charge in [0.05, 0.1) is 26.4 Å². The predicted molar refractivity (Wildman–Crippen MR) is 414 cm³/mol. The Hall–Kier alpha value is -1.94. The topological polar surface area (TPSA) is 237 Å². The third kappa shape index (κ3) is 73.4. The van der Waals surface area contributed by atoms with Crippen LogP contribution in [-0.4, -0.2) is 96.7 Å². The Kier molecular flexibility index (Phi) is 70.9. The third-order valence-corrected chi connectivity index (χ3v) is 21.8. The number of carbonyl (C=O) groups excluding carboxylic acids is 4. The van der Waals surface area contributed by atoms with Crippen LogP contribution in [0.5, 0.6) is 0 Å². The molecule has 0 saturated carbocycles. The van der Waals surface area contributed by atoms with Gasteiger partial charge >= 0.3 is 39.5 Å². The van der Waals surface area contributed by atoms with E-state index in [9.17, 15) is 43.2 Å². The highest BCUT2D eigenvalue weighted by Gasteiger charge is 2.30. The second-order valence-corrected chi connectivity index (χ2v) is 33.4. The first-order valence-electron chi connectivity index (χ1n) is 42.4. The van der Waals surface area contributed by atoms with Crippen molar-refractivity contribution in [2.24, 2.45) is 17.8 Å². The lowest BCUT2D eigenvalue weighted by atomic mass is 9.99. The first-order chi connectivity index (χ1) is 48.8. The van der Waals surface area contributed by atoms with Crippen molar-refractivity contribution in [2.75, 3.05) is 39.6 Å². The zero-order valence-electron chi connectivity index (χ0n) is 66.4. The number of esters is 4. The molecule has 0 heterocycles. The first-order valence-corrected chi connectivity index (χ1v) is 45.4. The van der Waals surface area contributed by atoms with E-state index in [1.807, 2.05) is 0 Å². The molecule has 101 heavy (non-hydrogen) atoms. The molecule has 7 atom stereocenters. The Bertz CT molecular complexity index is 1960. The minimum atomic E-state index is -4.96. The van der Waals surface area contributed by atoms with Crippen LogP contribution in [0.25, 0.3) is 0 Å². The van der Waals surface area contributed by atoms with Crippen molar-refractivity contribution in [3.63, 3.8) is 0 Å². The maximum Gasteiger partial charge on any atom is 0.472 e. The number of aliphatic hydroxyl groups excluding tert-OH is 1. The number of carbonyl (C=O) groups is 4. The highest BCUT2D eigenvalue weighted by atomic mass is 31.2. The van der Waals surface area contributed by atoms with Gasteiger partial charge in [-0.3, -0.25) is 37.3 Å². The predicted octanol–water partition coefficient (Wildman–Crippen LogP) is 24.5. The van der Waals surface area contributed by atoms with Gasteiger partial charge in [0.1, 0.15) is 19.3 Å². The number of unbranched alkanes of at least 4 members (excludes halogenated alkanes) is 46. The van der Waals surface area contributed by atoms with Gasteiger partial charge in [-0.2, -0.15) is 0 Å². The van der Waals surface area contributed by atoms with Gasteiger partial charge in [0.15, 0.2) is 12.2 Å². The normalized spacial score (nSPS) is 14.5. The van der Waals surface area contributed by atoms with Crippen LogP contribution in [0.1, 0.15) is 427 Å². The second kappa shape index (κ2) is 72.3. The molecule has 3 N–H and O–H groups in total. The van der Waals surface area contributed by atoms with Gasteiger partial charge in [-0.25, -0.2) is 9.13 Å². The number of phosphoric ester groups is 2. The summed E-state index contributed by atoms with van der Waals surface area (Å²) in [5, 5.41) is 10.6. The molecule has 19 heteroatoms. The van der Waals surface area contributed by atoms with E-state index in [1.165, 1.54) is 231 Å². The molecule has 0 aliphatic rings. The first kappa shape index (κ1) is 99.1. The van der Waals surface area contributed by atoms with Crippen LogP contribution >= 0.6 is 15.6 Å². The molecule has 0 fully saturated rings. The Morgan fingerprint density at radius 3 is 0.752 bits per heavy atom. The summed E-state index contributed by atoms with van der Waals surface area (Å²) in [6.45, 7) is 12.0. The molecule has 0 aromatic heterocycles. The molecule has 17 nitrogen and oxygen atoms in total. The number of hydrogen-bond donors (Lipinski definition) is 3. The molecule has 0 aromatic carbocycles. The Balaban J connectivity index is 5.15. The summed E-state index contributed by atoms with van der Waals surface area (Å²) in [5.41, 5.74) is 0. The summed E-state index contributed by atoms with van der Waals surface area (Å²) < 4.78 is 68.6. The minimum Gasteiger partial charge on any atom is -0.462 e. The molecule has 0 aliphatic heterocycles. The minimum absolute atomic E-state index is 0.103. The van der Waals surface area contributed by atoms with Crippen LogP contribution in [-0.2, 0) is 65.4 Å². The van der Waals surface area contributed by atoms with Crippen molar-refractivity contribution >= 4 is 39.5 Å². The summed E-state index contributed by atoms with van der Waals surface area (Å²) in [6, 6.07) is 0. The molecule has 0 radical (unpaired) electrons. The van der Waals surface area contributed by atoms with Crippen molar-refractivity contribution in [1.82, 2.24) is 0 Å². The summed E-state index contributed by atoms with van der Waals surface area (Å²) in [6.07, 6.45) is 61.4. The van der Waals surface area contributed by atoms with Crippen LogP contribution < -0.4 is 0 Å². The van der Waals surface area contributed by atoms with Gasteiger partial charge in [-0.05, 0) is 43.4 Å². The molecule has 0 aliphatic carbocycles. The quantitative estimate of drug-likeness (QED) is 0.0222. The third-order valence-electron chi connectivity index (χ3n) is 19.9. The fourth-order valence-corrected chi connectivity index (χ4v) is 14.2. The van der Waals surface area contributed by atoms with Crippen molar-refractivity contribution in [3.8, 4) is 0 Å². The van der Waals surface area contributed by atoms with Crippen molar-refractivity contribution in [1.29, 1.82) is 0 Å². The molecular formula is C82H160O17P2. The SMILES string of the molecule is CCCCCCCCCCC(=O)OC[C@H](COP(=O)(O)OC[C@H](O)COP(=O)(O)OC[C@@H](COC(=O)CCCCCCCCCCCCCCCCCCCCC(C)C)OC(=O)CCCCCCCCCCCCCCCCCCCCC(C)CC)OC(=O)CCCCCCCCC(C)CC. The summed E-state index contributed by atoms with van der Waals surface area (Å²) in [4.78, 5) is 72.9. The average molecular weight is 1480 g/mol. The molecule has 0 aromatic rings. The summed E-state index contributed by atoms with van der Waals surface area (Å²) in [5.74, 6) is 0.297. The van der Waals surface area contributed by atoms with Crippen LogP contribution in [0.15, 0.2) is 0 Å². The van der Waals surface area contributed by atoms with E-state index in [4.69, 9.17) is 37.0 Å². The molecule has 600 valence electrons. The Labute approximate surface area is 619 Å². The van der Waals surface area contributed by atoms with Gasteiger partial charge in [-0.1, -0.05) is 376 Å². The summed E-state index contributed by atoms with van der Waals surface area (Å²) in [7, 11) is -9.91. The number of hydrogen-bond acceptors (Lipinski definition) is 15. The number of rotatable bonds is 80. The second-order valence-electron chi connectivity index (χ2n) is 30.5. The van der Waals surface area contributed by atoms with Crippen LogP contribution in [0.4, 0.5) is 0 Å². The van der Waals surface area contributed by atoms with E-state index in [2.05, 4.69) is 48.5 Å². The molecule has 0 saturated heterocycles. The molecule has 0 rings (SSSR count). The number of aliphatic hydroxyl groups is 1. The number of phosphoric acid groups is 2. The van der Waals surface area contributed by atoms with Gasteiger partial charge in [0, 0.05) is 25.7 Å². The zero-order valence-corrected chi connectivity index (χ0v) is 68.2. The highest BCUT2D eigenvalue weighted by Crippen LogP contribution is 2.45. The molecular weight excluding hydrogens is 1320 g/mol. The largest absolute Gasteiger partial charge is 0.472 e. The Morgan fingerprint density at radius 2 is 0.505 bits per heavy atom. The van der Waals surface area contributed by atoms with Crippen molar-refractivity contribution in [3.05, 3.63) is 0 Å². The van der Waals surface area contributed by atoms with Crippen molar-refractivity contribution in [2.45, 2.75) is 446 Å². The standard InChI is InChI=1S/C82H160O17P2/c1-8-11-12-13-14-41-49-56-63-79(84)92-70-78(99-82(87)66-59-52-45-44-48-55-62-75(7)10-3)72-97-101(90,91)95-68-76(83)67-94-100(88,89)96-71-77(69-93-80(85)64-57-50-42-37-33-29-25-21-17-15-19-23-27-31-35-39-46-53-60-73(4)5)98-81(86)65-58-51-43-38-34-30-26-22-18-16-20-24-28-32-36-40-47-54-61-74(6)9-2/h73-78,83H,8-72H2,1-7H3,(H,88,89)(H,90,91)/t74?,75?,76-,77-,78-/m1/s1. The fraction of sp³-hybridized carbons (Fsp3) is 0.951. The maximum atomic E-state index is 13.1. The highest BCUT2D eigenvalue weighted by molar-refractivity contribution is 7.47. The molecule has 0 spiro atoms. The maximum absolute atomic E-state index is 13.1. The fourth-order valence-electron chi connectivity index (χ4n) is 12.6. The van der Waals surface area contributed by atoms with E-state index < -0.39 is 97.5 Å². The van der Waals surface area contributed by atoms with Gasteiger partial charge in [0.25, 0.3) is 0 Å². The molecule has 0 amide bonds. The van der Waals surface area contributed by atoms with E-state index in [-0.39, 0.29) is 25.7 Å². The van der Waals surface area contributed by atoms with Crippen LogP contribution in [0, 0.1) is 17.8 Å². The lowest BCUT2D eigenvalue weighted by Crippen LogP contribution is -2.30. The monoisotopic (exact) mass is 1480 g/mol. The average Bonchev–Trinajstić information content (AvgIpc) is 0.935. The lowest BCUT2D eigenvalue weighted by Gasteiger charge is -2.21. The smallest absolute Gasteiger partial charge is 0.462 e. The molecule has 0 bridgehead atoms. The van der Waals surface area contributed by atoms with Gasteiger partial charge < -0.3 is 33.8 Å².